The molecule has 0 aromatic heterocycles. The summed E-state index contributed by atoms with van der Waals surface area (Å²) in [6.07, 6.45) is 3.14. The van der Waals surface area contributed by atoms with Crippen molar-refractivity contribution >= 4 is 5.91 Å². The molecule has 0 radical (unpaired) electrons. The number of rotatable bonds is 2. The highest BCUT2D eigenvalue weighted by atomic mass is 16.3. The molecule has 0 aliphatic carbocycles. The Morgan fingerprint density at radius 3 is 2.70 bits per heavy atom. The summed E-state index contributed by atoms with van der Waals surface area (Å²) in [5, 5.41) is 19.3. The van der Waals surface area contributed by atoms with E-state index in [0.29, 0.717) is 11.8 Å². The van der Waals surface area contributed by atoms with E-state index in [-0.39, 0.29) is 23.0 Å². The molecule has 4 nitrogen and oxygen atoms in total. The molecule has 1 fully saturated rings. The van der Waals surface area contributed by atoms with Gasteiger partial charge in [-0.2, -0.15) is 0 Å². The van der Waals surface area contributed by atoms with Gasteiger partial charge in [-0.15, -0.1) is 0 Å². The van der Waals surface area contributed by atoms with Crippen LogP contribution in [-0.4, -0.2) is 34.1 Å². The summed E-state index contributed by atoms with van der Waals surface area (Å²) >= 11 is 0. The van der Waals surface area contributed by atoms with Crippen molar-refractivity contribution < 1.29 is 15.0 Å². The Kier molecular flexibility index (Phi) is 4.53. The zero-order valence-electron chi connectivity index (χ0n) is 12.2. The molecular weight excluding hydrogens is 254 g/mol. The van der Waals surface area contributed by atoms with Gasteiger partial charge in [-0.05, 0) is 43.2 Å². The maximum atomic E-state index is 12.5. The van der Waals surface area contributed by atoms with Crippen molar-refractivity contribution in [3.63, 3.8) is 0 Å². The van der Waals surface area contributed by atoms with Crippen molar-refractivity contribution in [2.75, 3.05) is 13.1 Å². The highest BCUT2D eigenvalue weighted by Crippen LogP contribution is 2.30. The Hall–Kier alpha value is -1.71. The lowest BCUT2D eigenvalue weighted by molar-refractivity contribution is 0.0755. The van der Waals surface area contributed by atoms with Crippen LogP contribution in [0.15, 0.2) is 18.2 Å². The van der Waals surface area contributed by atoms with Crippen LogP contribution in [0.3, 0.4) is 0 Å². The van der Waals surface area contributed by atoms with Gasteiger partial charge in [0.1, 0.15) is 0 Å². The number of hydrogen-bond donors (Lipinski definition) is 2. The third-order valence-corrected chi connectivity index (χ3v) is 4.25. The first kappa shape index (κ1) is 14.7. The first-order valence-electron chi connectivity index (χ1n) is 7.31. The minimum atomic E-state index is -0.317. The first-order valence-corrected chi connectivity index (χ1v) is 7.31. The number of amides is 1. The average Bonchev–Trinajstić information content (AvgIpc) is 2.67. The van der Waals surface area contributed by atoms with Crippen molar-refractivity contribution in [2.45, 2.75) is 33.1 Å². The molecule has 4 heteroatoms. The number of phenols is 2. The summed E-state index contributed by atoms with van der Waals surface area (Å²) in [5.74, 6) is 0.542. The van der Waals surface area contributed by atoms with Crippen LogP contribution in [0, 0.1) is 11.8 Å². The average molecular weight is 277 g/mol. The Morgan fingerprint density at radius 2 is 2.00 bits per heavy atom. The number of aromatic hydroxyl groups is 2. The second-order valence-corrected chi connectivity index (χ2v) is 5.90. The van der Waals surface area contributed by atoms with Gasteiger partial charge in [-0.3, -0.25) is 4.79 Å². The van der Waals surface area contributed by atoms with E-state index < -0.39 is 0 Å². The molecule has 1 aromatic rings. The van der Waals surface area contributed by atoms with E-state index in [1.54, 1.807) is 17.0 Å². The van der Waals surface area contributed by atoms with Gasteiger partial charge in [-0.25, -0.2) is 0 Å². The topological polar surface area (TPSA) is 60.8 Å². The second-order valence-electron chi connectivity index (χ2n) is 5.90. The molecule has 20 heavy (non-hydrogen) atoms. The van der Waals surface area contributed by atoms with Crippen molar-refractivity contribution in [3.05, 3.63) is 23.8 Å². The predicted molar refractivity (Wildman–Crippen MR) is 77.9 cm³/mol. The molecule has 1 atom stereocenters. The van der Waals surface area contributed by atoms with Crippen LogP contribution in [0.4, 0.5) is 0 Å². The van der Waals surface area contributed by atoms with Crippen LogP contribution >= 0.6 is 0 Å². The fourth-order valence-electron chi connectivity index (χ4n) is 2.87. The maximum Gasteiger partial charge on any atom is 0.257 e. The Balaban J connectivity index is 2.11. The molecule has 1 aliphatic heterocycles. The summed E-state index contributed by atoms with van der Waals surface area (Å²) in [6, 6.07) is 4.52. The van der Waals surface area contributed by atoms with E-state index in [4.69, 9.17) is 0 Å². The number of nitrogens with zero attached hydrogens (tertiary/aromatic N) is 1. The molecule has 1 amide bonds. The smallest absolute Gasteiger partial charge is 0.257 e. The lowest BCUT2D eigenvalue weighted by atomic mass is 9.89. The Labute approximate surface area is 120 Å². The minimum Gasteiger partial charge on any atom is -0.504 e. The predicted octanol–water partition coefficient (Wildman–Crippen LogP) is 3.00. The zero-order valence-corrected chi connectivity index (χ0v) is 12.2. The normalized spacial score (nSPS) is 19.9. The molecule has 0 saturated carbocycles. The highest BCUT2D eigenvalue weighted by Gasteiger charge is 2.25. The van der Waals surface area contributed by atoms with E-state index in [1.165, 1.54) is 6.07 Å². The third kappa shape index (κ3) is 3.06. The van der Waals surface area contributed by atoms with Gasteiger partial charge in [0, 0.05) is 13.1 Å². The molecule has 2 rings (SSSR count). The molecule has 0 bridgehead atoms. The lowest BCUT2D eigenvalue weighted by Gasteiger charge is -2.22. The largest absolute Gasteiger partial charge is 0.504 e. The number of para-hydroxylation sites is 1. The summed E-state index contributed by atoms with van der Waals surface area (Å²) in [4.78, 5) is 14.2. The Bertz CT molecular complexity index is 485. The SMILES string of the molecule is CC(C)C1CCCN(C(=O)c2cccc(O)c2O)CC1. The molecule has 1 saturated heterocycles. The summed E-state index contributed by atoms with van der Waals surface area (Å²) < 4.78 is 0. The van der Waals surface area contributed by atoms with Crippen molar-refractivity contribution in [2.24, 2.45) is 11.8 Å². The monoisotopic (exact) mass is 277 g/mol. The van der Waals surface area contributed by atoms with E-state index >= 15 is 0 Å². The summed E-state index contributed by atoms with van der Waals surface area (Å²) in [5.41, 5.74) is 0.188. The zero-order chi connectivity index (χ0) is 14.7. The number of carbonyl (C=O) groups excluding carboxylic acids is 1. The Morgan fingerprint density at radius 1 is 1.25 bits per heavy atom. The molecule has 1 unspecified atom stereocenters. The number of likely N-dealkylation sites (tertiary alicyclic amines) is 1. The molecule has 1 aromatic carbocycles. The molecule has 1 aliphatic rings. The number of hydrogen-bond acceptors (Lipinski definition) is 3. The lowest BCUT2D eigenvalue weighted by Crippen LogP contribution is -2.32. The number of benzene rings is 1. The quantitative estimate of drug-likeness (QED) is 0.817. The second kappa shape index (κ2) is 6.16. The number of phenolic OH excluding ortho intramolecular Hbond substituents is 2. The van der Waals surface area contributed by atoms with Crippen molar-refractivity contribution in [1.29, 1.82) is 0 Å². The van der Waals surface area contributed by atoms with Gasteiger partial charge in [0.2, 0.25) is 0 Å². The minimum absolute atomic E-state index is 0.188. The third-order valence-electron chi connectivity index (χ3n) is 4.25. The van der Waals surface area contributed by atoms with Crippen LogP contribution in [0.2, 0.25) is 0 Å². The van der Waals surface area contributed by atoms with Gasteiger partial charge in [0.05, 0.1) is 5.56 Å². The standard InChI is InChI=1S/C16H23NO3/c1-11(2)12-5-4-9-17(10-8-12)16(20)13-6-3-7-14(18)15(13)19/h3,6-7,11-12,18-19H,4-5,8-10H2,1-2H3. The van der Waals surface area contributed by atoms with E-state index in [1.807, 2.05) is 0 Å². The summed E-state index contributed by atoms with van der Waals surface area (Å²) in [7, 11) is 0. The molecular formula is C16H23NO3. The number of carbonyl (C=O) groups is 1. The van der Waals surface area contributed by atoms with Crippen molar-refractivity contribution in [3.8, 4) is 11.5 Å². The molecule has 0 spiro atoms. The summed E-state index contributed by atoms with van der Waals surface area (Å²) in [6.45, 7) is 5.89. The fourth-order valence-corrected chi connectivity index (χ4v) is 2.87. The molecule has 1 heterocycles. The van der Waals surface area contributed by atoms with Crippen molar-refractivity contribution in [1.82, 2.24) is 4.90 Å². The van der Waals surface area contributed by atoms with Gasteiger partial charge in [0.15, 0.2) is 11.5 Å². The van der Waals surface area contributed by atoms with E-state index in [0.717, 1.165) is 32.4 Å². The van der Waals surface area contributed by atoms with Crippen LogP contribution < -0.4 is 0 Å². The van der Waals surface area contributed by atoms with Gasteiger partial charge >= 0.3 is 0 Å². The van der Waals surface area contributed by atoms with Gasteiger partial charge in [0.25, 0.3) is 5.91 Å². The molecule has 110 valence electrons. The first-order chi connectivity index (χ1) is 9.50. The maximum absolute atomic E-state index is 12.5. The van der Waals surface area contributed by atoms with E-state index in [2.05, 4.69) is 13.8 Å². The molecule has 2 N–H and O–H groups in total. The van der Waals surface area contributed by atoms with Crippen LogP contribution in [-0.2, 0) is 0 Å². The highest BCUT2D eigenvalue weighted by molar-refractivity contribution is 5.97. The van der Waals surface area contributed by atoms with Crippen LogP contribution in [0.25, 0.3) is 0 Å². The van der Waals surface area contributed by atoms with Crippen LogP contribution in [0.5, 0.6) is 11.5 Å². The van der Waals surface area contributed by atoms with E-state index in [9.17, 15) is 15.0 Å². The van der Waals surface area contributed by atoms with Gasteiger partial charge in [-0.1, -0.05) is 19.9 Å². The van der Waals surface area contributed by atoms with Crippen LogP contribution in [0.1, 0.15) is 43.5 Å². The fraction of sp³-hybridized carbons (Fsp3) is 0.562. The van der Waals surface area contributed by atoms with Gasteiger partial charge < -0.3 is 15.1 Å².